The summed E-state index contributed by atoms with van der Waals surface area (Å²) in [7, 11) is 0. The minimum Gasteiger partial charge on any atom is -0.460 e. The van der Waals surface area contributed by atoms with E-state index in [4.69, 9.17) is 20.8 Å². The minimum atomic E-state index is -0.663. The zero-order valence-corrected chi connectivity index (χ0v) is 10.9. The van der Waals surface area contributed by atoms with Crippen molar-refractivity contribution in [1.82, 2.24) is 0 Å². The van der Waals surface area contributed by atoms with Crippen LogP contribution in [0.25, 0.3) is 11.3 Å². The van der Waals surface area contributed by atoms with E-state index < -0.39 is 5.97 Å². The van der Waals surface area contributed by atoms with Gasteiger partial charge in [0.2, 0.25) is 5.76 Å². The van der Waals surface area contributed by atoms with Gasteiger partial charge in [-0.15, -0.1) is 0 Å². The topological polar surface area (TPSA) is 56.5 Å². The molecule has 1 aromatic carbocycles. The quantitative estimate of drug-likeness (QED) is 0.810. The van der Waals surface area contributed by atoms with Gasteiger partial charge >= 0.3 is 5.97 Å². The average molecular weight is 279 g/mol. The van der Waals surface area contributed by atoms with Gasteiger partial charge in [0.1, 0.15) is 5.76 Å². The maximum absolute atomic E-state index is 11.6. The average Bonchev–Trinajstić information content (AvgIpc) is 2.38. The number of halogens is 1. The molecule has 5 heteroatoms. The highest BCUT2D eigenvalue weighted by Gasteiger charge is 2.13. The van der Waals surface area contributed by atoms with Gasteiger partial charge in [-0.1, -0.05) is 23.7 Å². The Morgan fingerprint density at radius 1 is 1.32 bits per heavy atom. The summed E-state index contributed by atoms with van der Waals surface area (Å²) in [5.74, 6) is -0.508. The second kappa shape index (κ2) is 5.71. The maximum atomic E-state index is 11.6. The number of ether oxygens (including phenoxy) is 1. The van der Waals surface area contributed by atoms with Crippen LogP contribution in [0.1, 0.15) is 17.5 Å². The van der Waals surface area contributed by atoms with Gasteiger partial charge in [0.25, 0.3) is 0 Å². The van der Waals surface area contributed by atoms with E-state index in [2.05, 4.69) is 0 Å². The first-order valence-electron chi connectivity index (χ1n) is 5.68. The maximum Gasteiger partial charge on any atom is 0.374 e. The molecular weight excluding hydrogens is 268 g/mol. The Morgan fingerprint density at radius 2 is 2.11 bits per heavy atom. The fraction of sp³-hybridized carbons (Fsp3) is 0.143. The molecule has 0 unspecified atom stereocenters. The Kier molecular flexibility index (Phi) is 4.02. The highest BCUT2D eigenvalue weighted by molar-refractivity contribution is 6.30. The van der Waals surface area contributed by atoms with Crippen molar-refractivity contribution in [2.75, 3.05) is 6.61 Å². The standard InChI is InChI=1S/C14H11ClO4/c1-2-18-14(17)13-8-11(16)7-12(19-13)9-4-3-5-10(15)6-9/h3-8H,2H2,1H3. The molecule has 0 aliphatic carbocycles. The number of carbonyl (C=O) groups is 1. The smallest absolute Gasteiger partial charge is 0.374 e. The summed E-state index contributed by atoms with van der Waals surface area (Å²) in [5, 5.41) is 0.515. The molecule has 0 amide bonds. The second-order valence-corrected chi connectivity index (χ2v) is 4.19. The molecule has 0 fully saturated rings. The summed E-state index contributed by atoms with van der Waals surface area (Å²) in [6.07, 6.45) is 0. The molecule has 1 aromatic heterocycles. The third-order valence-electron chi connectivity index (χ3n) is 2.35. The van der Waals surface area contributed by atoms with Gasteiger partial charge < -0.3 is 9.15 Å². The van der Waals surface area contributed by atoms with E-state index >= 15 is 0 Å². The number of carbonyl (C=O) groups excluding carboxylic acids is 1. The Labute approximate surface area is 114 Å². The van der Waals surface area contributed by atoms with E-state index in [-0.39, 0.29) is 23.6 Å². The lowest BCUT2D eigenvalue weighted by Crippen LogP contribution is -2.09. The van der Waals surface area contributed by atoms with Crippen LogP contribution >= 0.6 is 11.6 Å². The van der Waals surface area contributed by atoms with Crippen LogP contribution in [0.3, 0.4) is 0 Å². The molecular formula is C14H11ClO4. The van der Waals surface area contributed by atoms with Gasteiger partial charge in [0.05, 0.1) is 6.61 Å². The van der Waals surface area contributed by atoms with E-state index in [9.17, 15) is 9.59 Å². The van der Waals surface area contributed by atoms with Gasteiger partial charge in [-0.25, -0.2) is 4.79 Å². The van der Waals surface area contributed by atoms with Crippen LogP contribution < -0.4 is 5.43 Å². The molecule has 0 saturated carbocycles. The lowest BCUT2D eigenvalue weighted by Gasteiger charge is -2.04. The first-order valence-corrected chi connectivity index (χ1v) is 6.06. The fourth-order valence-corrected chi connectivity index (χ4v) is 1.75. The zero-order chi connectivity index (χ0) is 13.8. The monoisotopic (exact) mass is 278 g/mol. The van der Waals surface area contributed by atoms with Crippen molar-refractivity contribution < 1.29 is 13.9 Å². The van der Waals surface area contributed by atoms with Crippen molar-refractivity contribution in [3.8, 4) is 11.3 Å². The SMILES string of the molecule is CCOC(=O)c1cc(=O)cc(-c2cccc(Cl)c2)o1. The molecule has 0 saturated heterocycles. The van der Waals surface area contributed by atoms with Crippen LogP contribution in [-0.4, -0.2) is 12.6 Å². The number of hydrogen-bond acceptors (Lipinski definition) is 4. The summed E-state index contributed by atoms with van der Waals surface area (Å²) in [5.41, 5.74) is 0.292. The third kappa shape index (κ3) is 3.23. The Bertz CT molecular complexity index is 660. The normalized spacial score (nSPS) is 10.2. The van der Waals surface area contributed by atoms with E-state index in [0.717, 1.165) is 6.07 Å². The molecule has 19 heavy (non-hydrogen) atoms. The first kappa shape index (κ1) is 13.4. The summed E-state index contributed by atoms with van der Waals surface area (Å²) >= 11 is 5.88. The third-order valence-corrected chi connectivity index (χ3v) is 2.59. The Morgan fingerprint density at radius 3 is 2.79 bits per heavy atom. The molecule has 0 aliphatic rings. The number of benzene rings is 1. The predicted octanol–water partition coefficient (Wildman–Crippen LogP) is 3.14. The minimum absolute atomic E-state index is 0.121. The van der Waals surface area contributed by atoms with Crippen molar-refractivity contribution in [2.24, 2.45) is 0 Å². The molecule has 0 spiro atoms. The molecule has 0 bridgehead atoms. The number of rotatable bonds is 3. The predicted molar refractivity (Wildman–Crippen MR) is 71.4 cm³/mol. The van der Waals surface area contributed by atoms with Gasteiger partial charge in [0, 0.05) is 22.7 Å². The van der Waals surface area contributed by atoms with Crippen molar-refractivity contribution in [1.29, 1.82) is 0 Å². The molecule has 4 nitrogen and oxygen atoms in total. The van der Waals surface area contributed by atoms with Crippen molar-refractivity contribution in [3.05, 3.63) is 57.4 Å². The summed E-state index contributed by atoms with van der Waals surface area (Å²) in [6, 6.07) is 9.22. The fourth-order valence-electron chi connectivity index (χ4n) is 1.56. The molecule has 1 heterocycles. The second-order valence-electron chi connectivity index (χ2n) is 3.75. The van der Waals surface area contributed by atoms with Crippen molar-refractivity contribution >= 4 is 17.6 Å². The van der Waals surface area contributed by atoms with Crippen LogP contribution in [0.15, 0.2) is 45.6 Å². The summed E-state index contributed by atoms with van der Waals surface area (Å²) < 4.78 is 10.2. The van der Waals surface area contributed by atoms with Crippen LogP contribution in [0.5, 0.6) is 0 Å². The van der Waals surface area contributed by atoms with Gasteiger partial charge in [-0.2, -0.15) is 0 Å². The molecule has 2 aromatic rings. The van der Waals surface area contributed by atoms with E-state index in [1.54, 1.807) is 31.2 Å². The van der Waals surface area contributed by atoms with E-state index in [0.29, 0.717) is 10.6 Å². The summed E-state index contributed by atoms with van der Waals surface area (Å²) in [4.78, 5) is 23.1. The van der Waals surface area contributed by atoms with E-state index in [1.165, 1.54) is 6.07 Å². The van der Waals surface area contributed by atoms with Crippen LogP contribution in [0.4, 0.5) is 0 Å². The van der Waals surface area contributed by atoms with E-state index in [1.807, 2.05) is 0 Å². The molecule has 0 radical (unpaired) electrons. The van der Waals surface area contributed by atoms with Gasteiger partial charge in [-0.05, 0) is 19.1 Å². The molecule has 0 atom stereocenters. The van der Waals surface area contributed by atoms with Gasteiger partial charge in [0.15, 0.2) is 5.43 Å². The highest BCUT2D eigenvalue weighted by atomic mass is 35.5. The molecule has 0 N–H and O–H groups in total. The van der Waals surface area contributed by atoms with Crippen LogP contribution in [0, 0.1) is 0 Å². The number of hydrogen-bond donors (Lipinski definition) is 0. The zero-order valence-electron chi connectivity index (χ0n) is 10.2. The Balaban J connectivity index is 2.47. The highest BCUT2D eigenvalue weighted by Crippen LogP contribution is 2.22. The van der Waals surface area contributed by atoms with Crippen LogP contribution in [-0.2, 0) is 4.74 Å². The van der Waals surface area contributed by atoms with Crippen molar-refractivity contribution in [2.45, 2.75) is 6.92 Å². The van der Waals surface area contributed by atoms with Crippen molar-refractivity contribution in [3.63, 3.8) is 0 Å². The largest absolute Gasteiger partial charge is 0.460 e. The Hall–Kier alpha value is -2.07. The van der Waals surface area contributed by atoms with Crippen LogP contribution in [0.2, 0.25) is 5.02 Å². The first-order chi connectivity index (χ1) is 9.10. The molecule has 98 valence electrons. The van der Waals surface area contributed by atoms with Gasteiger partial charge in [-0.3, -0.25) is 4.79 Å². The lowest BCUT2D eigenvalue weighted by molar-refractivity contribution is 0.0488. The number of esters is 1. The summed E-state index contributed by atoms with van der Waals surface area (Å²) in [6.45, 7) is 1.89. The molecule has 2 rings (SSSR count). The lowest BCUT2D eigenvalue weighted by atomic mass is 10.1. The molecule has 0 aliphatic heterocycles.